The molecule has 0 bridgehead atoms. The maximum absolute atomic E-state index is 14.3. The van der Waals surface area contributed by atoms with Gasteiger partial charge in [0.15, 0.2) is 0 Å². The summed E-state index contributed by atoms with van der Waals surface area (Å²) in [5.41, 5.74) is 0.691. The number of hydrogen-bond donors (Lipinski definition) is 1. The maximum atomic E-state index is 14.3. The topological polar surface area (TPSA) is 41.6 Å². The minimum atomic E-state index is -0.672. The average molecular weight is 548 g/mol. The first-order valence-electron chi connectivity index (χ1n) is 9.97. The van der Waals surface area contributed by atoms with Gasteiger partial charge in [-0.05, 0) is 46.1 Å². The van der Waals surface area contributed by atoms with Gasteiger partial charge < -0.3 is 9.64 Å². The van der Waals surface area contributed by atoms with Crippen LogP contribution in [0, 0.1) is 17.6 Å². The number of halogens is 4. The van der Waals surface area contributed by atoms with E-state index in [0.29, 0.717) is 11.0 Å². The summed E-state index contributed by atoms with van der Waals surface area (Å²) in [5, 5.41) is 0.0491. The first kappa shape index (κ1) is 26.5. The number of benzene rings is 2. The maximum Gasteiger partial charge on any atom is 0.264 e. The Morgan fingerprint density at radius 1 is 1.28 bits per heavy atom. The number of hydrogen-bond acceptors (Lipinski definition) is 4. The van der Waals surface area contributed by atoms with Crippen molar-refractivity contribution in [3.05, 3.63) is 69.2 Å². The molecule has 2 aromatic carbocycles. The van der Waals surface area contributed by atoms with Gasteiger partial charge in [-0.25, -0.2) is 8.78 Å². The molecule has 0 spiro atoms. The molecule has 9 heteroatoms. The molecule has 2 aromatic rings. The summed E-state index contributed by atoms with van der Waals surface area (Å²) in [5.74, 6) is -0.546. The molecular weight excluding hydrogens is 522 g/mol. The van der Waals surface area contributed by atoms with Crippen LogP contribution in [0.3, 0.4) is 0 Å². The third-order valence-corrected chi connectivity index (χ3v) is 5.46. The number of amides is 1. The van der Waals surface area contributed by atoms with Crippen LogP contribution >= 0.6 is 39.5 Å². The highest BCUT2D eigenvalue weighted by Gasteiger charge is 2.23. The Labute approximate surface area is 205 Å². The van der Waals surface area contributed by atoms with Crippen molar-refractivity contribution in [3.8, 4) is 5.75 Å². The number of carbonyl (C=O) groups is 1. The van der Waals surface area contributed by atoms with Crippen molar-refractivity contribution in [2.24, 2.45) is 5.92 Å². The fourth-order valence-corrected chi connectivity index (χ4v) is 3.74. The van der Waals surface area contributed by atoms with Crippen LogP contribution in [0.2, 0.25) is 5.02 Å². The highest BCUT2D eigenvalue weighted by atomic mass is 79.9. The molecule has 0 radical (unpaired) electrons. The number of carbonyl (C=O) groups excluding carboxylic acids is 1. The van der Waals surface area contributed by atoms with Gasteiger partial charge >= 0.3 is 0 Å². The Kier molecular flexibility index (Phi) is 10.3. The van der Waals surface area contributed by atoms with Crippen LogP contribution in [0.5, 0.6) is 5.75 Å². The molecule has 1 amide bonds. The van der Waals surface area contributed by atoms with Crippen LogP contribution in [-0.2, 0) is 0 Å². The first-order chi connectivity index (χ1) is 15.1. The SMILES string of the molecule is CC(C)C.CSNC(=O)c1cc(Br)c(OCC2C=CCN2c2ccc(F)c(Cl)c2)cc1F. The van der Waals surface area contributed by atoms with Crippen molar-refractivity contribution in [3.63, 3.8) is 0 Å². The zero-order valence-corrected chi connectivity index (χ0v) is 21.5. The summed E-state index contributed by atoms with van der Waals surface area (Å²) in [7, 11) is 0. The lowest BCUT2D eigenvalue weighted by molar-refractivity contribution is 0.0980. The predicted octanol–water partition coefficient (Wildman–Crippen LogP) is 6.87. The van der Waals surface area contributed by atoms with Gasteiger partial charge in [0.05, 0.1) is 21.1 Å². The van der Waals surface area contributed by atoms with Crippen LogP contribution in [0.1, 0.15) is 31.1 Å². The van der Waals surface area contributed by atoms with E-state index in [1.165, 1.54) is 18.2 Å². The average Bonchev–Trinajstić information content (AvgIpc) is 3.18. The fraction of sp³-hybridized carbons (Fsp3) is 0.348. The highest BCUT2D eigenvalue weighted by Crippen LogP contribution is 2.30. The van der Waals surface area contributed by atoms with Crippen molar-refractivity contribution in [2.45, 2.75) is 26.8 Å². The van der Waals surface area contributed by atoms with Gasteiger partial charge in [0.25, 0.3) is 5.91 Å². The second-order valence-corrected chi connectivity index (χ2v) is 9.56. The van der Waals surface area contributed by atoms with E-state index >= 15 is 0 Å². The molecule has 1 unspecified atom stereocenters. The summed E-state index contributed by atoms with van der Waals surface area (Å²) in [4.78, 5) is 13.9. The monoisotopic (exact) mass is 546 g/mol. The van der Waals surface area contributed by atoms with E-state index in [1.54, 1.807) is 18.4 Å². The van der Waals surface area contributed by atoms with E-state index in [4.69, 9.17) is 16.3 Å². The Bertz CT molecular complexity index is 972. The molecule has 1 atom stereocenters. The van der Waals surface area contributed by atoms with Crippen LogP contribution in [-0.4, -0.2) is 31.4 Å². The van der Waals surface area contributed by atoms with Crippen LogP contribution < -0.4 is 14.4 Å². The number of nitrogens with one attached hydrogen (secondary N) is 1. The minimum absolute atomic E-state index is 0.0491. The van der Waals surface area contributed by atoms with E-state index in [9.17, 15) is 13.6 Å². The predicted molar refractivity (Wildman–Crippen MR) is 133 cm³/mol. The lowest BCUT2D eigenvalue weighted by Crippen LogP contribution is -2.34. The van der Waals surface area contributed by atoms with E-state index in [2.05, 4.69) is 41.4 Å². The molecule has 1 heterocycles. The van der Waals surface area contributed by atoms with Gasteiger partial charge in [0.2, 0.25) is 0 Å². The van der Waals surface area contributed by atoms with Gasteiger partial charge in [-0.3, -0.25) is 9.52 Å². The zero-order valence-electron chi connectivity index (χ0n) is 18.3. The van der Waals surface area contributed by atoms with E-state index in [1.807, 2.05) is 17.1 Å². The molecule has 1 aliphatic heterocycles. The molecule has 32 heavy (non-hydrogen) atoms. The van der Waals surface area contributed by atoms with Crippen molar-refractivity contribution in [1.82, 2.24) is 4.72 Å². The molecule has 1 N–H and O–H groups in total. The number of ether oxygens (including phenoxy) is 1. The van der Waals surface area contributed by atoms with Crippen molar-refractivity contribution >= 4 is 51.1 Å². The molecule has 0 fully saturated rings. The third-order valence-electron chi connectivity index (χ3n) is 4.17. The van der Waals surface area contributed by atoms with Crippen molar-refractivity contribution in [2.75, 3.05) is 24.3 Å². The van der Waals surface area contributed by atoms with Crippen LogP contribution in [0.15, 0.2) is 47.0 Å². The third kappa shape index (κ3) is 7.39. The van der Waals surface area contributed by atoms with Crippen LogP contribution in [0.4, 0.5) is 14.5 Å². The Hall–Kier alpha value is -1.77. The van der Waals surface area contributed by atoms with Gasteiger partial charge in [0, 0.05) is 24.6 Å². The van der Waals surface area contributed by atoms with Gasteiger partial charge in [-0.15, -0.1) is 0 Å². The van der Waals surface area contributed by atoms with E-state index < -0.39 is 17.5 Å². The lowest BCUT2D eigenvalue weighted by Gasteiger charge is -2.27. The summed E-state index contributed by atoms with van der Waals surface area (Å²) >= 11 is 10.3. The Morgan fingerprint density at radius 2 is 1.97 bits per heavy atom. The number of rotatable bonds is 6. The zero-order chi connectivity index (χ0) is 23.8. The van der Waals surface area contributed by atoms with Crippen LogP contribution in [0.25, 0.3) is 0 Å². The fourth-order valence-electron chi connectivity index (χ4n) is 2.81. The smallest absolute Gasteiger partial charge is 0.264 e. The summed E-state index contributed by atoms with van der Waals surface area (Å²) in [6.07, 6.45) is 5.61. The van der Waals surface area contributed by atoms with E-state index in [0.717, 1.165) is 23.6 Å². The normalized spacial score (nSPS) is 14.9. The molecule has 0 aromatic heterocycles. The number of nitrogens with zero attached hydrogens (tertiary/aromatic N) is 1. The largest absolute Gasteiger partial charge is 0.490 e. The summed E-state index contributed by atoms with van der Waals surface area (Å²) in [6.45, 7) is 7.36. The standard InChI is InChI=1S/C19H16BrClF2N2O2S.C4H10/c1-28-24-19(26)13-8-14(20)18(9-17(13)23)27-10-12-3-2-6-25(12)11-4-5-16(22)15(21)7-11;1-4(2)3/h2-5,7-9,12H,6,10H2,1H3,(H,24,26);4H,1-3H3. The van der Waals surface area contributed by atoms with Gasteiger partial charge in [0.1, 0.15) is 24.0 Å². The molecule has 3 rings (SSSR count). The van der Waals surface area contributed by atoms with Crippen molar-refractivity contribution in [1.29, 1.82) is 0 Å². The minimum Gasteiger partial charge on any atom is -0.490 e. The molecule has 0 saturated heterocycles. The molecular formula is C23H26BrClF2N2O2S. The summed E-state index contributed by atoms with van der Waals surface area (Å²) in [6, 6.07) is 6.96. The molecule has 1 aliphatic rings. The summed E-state index contributed by atoms with van der Waals surface area (Å²) < 4.78 is 36.4. The second kappa shape index (κ2) is 12.5. The second-order valence-electron chi connectivity index (χ2n) is 7.69. The molecule has 0 aliphatic carbocycles. The lowest BCUT2D eigenvalue weighted by atomic mass is 10.2. The van der Waals surface area contributed by atoms with E-state index in [-0.39, 0.29) is 29.0 Å². The Balaban J connectivity index is 0.000000837. The van der Waals surface area contributed by atoms with Gasteiger partial charge in [-0.2, -0.15) is 0 Å². The van der Waals surface area contributed by atoms with Crippen molar-refractivity contribution < 1.29 is 18.3 Å². The molecule has 0 saturated carbocycles. The first-order valence-corrected chi connectivity index (χ1v) is 12.4. The Morgan fingerprint density at radius 3 is 2.59 bits per heavy atom. The quantitative estimate of drug-likeness (QED) is 0.316. The number of anilines is 1. The van der Waals surface area contributed by atoms with Gasteiger partial charge in [-0.1, -0.05) is 56.5 Å². The molecule has 174 valence electrons. The molecule has 4 nitrogen and oxygen atoms in total. The highest BCUT2D eigenvalue weighted by molar-refractivity contribution is 9.10.